The molecule has 2 aromatic rings. The van der Waals surface area contributed by atoms with E-state index in [4.69, 9.17) is 9.26 Å². The van der Waals surface area contributed by atoms with Crippen molar-refractivity contribution in [1.29, 1.82) is 0 Å². The average molecular weight is 356 g/mol. The van der Waals surface area contributed by atoms with Gasteiger partial charge in [-0.3, -0.25) is 4.79 Å². The predicted molar refractivity (Wildman–Crippen MR) is 94.0 cm³/mol. The molecule has 1 atom stereocenters. The van der Waals surface area contributed by atoms with Crippen LogP contribution in [-0.4, -0.2) is 27.6 Å². The zero-order valence-corrected chi connectivity index (χ0v) is 15.2. The lowest BCUT2D eigenvalue weighted by molar-refractivity contribution is 0.0927. The Kier molecular flexibility index (Phi) is 4.61. The molecule has 2 fully saturated rings. The van der Waals surface area contributed by atoms with Crippen molar-refractivity contribution in [1.82, 2.24) is 20.4 Å². The summed E-state index contributed by atoms with van der Waals surface area (Å²) >= 11 is 0. The van der Waals surface area contributed by atoms with Gasteiger partial charge < -0.3 is 14.6 Å². The Bertz CT molecular complexity index is 796. The molecule has 0 aliphatic heterocycles. The number of ether oxygens (including phenoxy) is 1. The molecule has 0 unspecified atom stereocenters. The minimum atomic E-state index is -0.305. The van der Waals surface area contributed by atoms with E-state index in [1.165, 1.54) is 25.7 Å². The molecule has 1 amide bonds. The first-order valence-electron chi connectivity index (χ1n) is 9.38. The van der Waals surface area contributed by atoms with E-state index in [2.05, 4.69) is 20.4 Å². The summed E-state index contributed by atoms with van der Waals surface area (Å²) in [6.07, 6.45) is 5.45. The maximum Gasteiger partial charge on any atom is 0.270 e. The van der Waals surface area contributed by atoms with Gasteiger partial charge in [-0.05, 0) is 50.0 Å². The van der Waals surface area contributed by atoms with Crippen LogP contribution in [0.2, 0.25) is 0 Å². The van der Waals surface area contributed by atoms with Crippen molar-refractivity contribution >= 4 is 5.91 Å². The number of aromatic nitrogens is 3. The fourth-order valence-corrected chi connectivity index (χ4v) is 2.92. The standard InChI is InChI=1S/C19H24N4O3/c1-3-15(17-20-11(2)26-23-17)21-18(24)16-9-8-14(13-6-7-13)19(22-16)25-10-12-4-5-12/h8-9,12-13,15H,3-7,10H2,1-2H3,(H,21,24)/t15-/m0/s1. The lowest BCUT2D eigenvalue weighted by Gasteiger charge is -2.15. The summed E-state index contributed by atoms with van der Waals surface area (Å²) in [5.41, 5.74) is 1.49. The minimum Gasteiger partial charge on any atom is -0.477 e. The maximum atomic E-state index is 12.7. The van der Waals surface area contributed by atoms with Crippen LogP contribution in [0.15, 0.2) is 16.7 Å². The Balaban J connectivity index is 1.49. The van der Waals surface area contributed by atoms with Crippen molar-refractivity contribution in [3.63, 3.8) is 0 Å². The van der Waals surface area contributed by atoms with Crippen molar-refractivity contribution in [2.75, 3.05) is 6.61 Å². The van der Waals surface area contributed by atoms with Crippen LogP contribution >= 0.6 is 0 Å². The first-order valence-corrected chi connectivity index (χ1v) is 9.38. The molecule has 138 valence electrons. The number of carbonyl (C=O) groups is 1. The lowest BCUT2D eigenvalue weighted by atomic mass is 10.1. The summed E-state index contributed by atoms with van der Waals surface area (Å²) in [7, 11) is 0. The molecule has 2 saturated carbocycles. The zero-order chi connectivity index (χ0) is 18.1. The van der Waals surface area contributed by atoms with Crippen molar-refractivity contribution < 1.29 is 14.1 Å². The third kappa shape index (κ3) is 3.86. The van der Waals surface area contributed by atoms with Gasteiger partial charge in [0.05, 0.1) is 12.6 Å². The van der Waals surface area contributed by atoms with E-state index in [0.29, 0.717) is 48.2 Å². The van der Waals surface area contributed by atoms with Crippen LogP contribution in [0.25, 0.3) is 0 Å². The molecule has 26 heavy (non-hydrogen) atoms. The van der Waals surface area contributed by atoms with Crippen LogP contribution in [-0.2, 0) is 0 Å². The highest BCUT2D eigenvalue weighted by molar-refractivity contribution is 5.92. The fourth-order valence-electron chi connectivity index (χ4n) is 2.92. The van der Waals surface area contributed by atoms with Crippen LogP contribution in [0.1, 0.15) is 78.8 Å². The van der Waals surface area contributed by atoms with E-state index in [1.54, 1.807) is 13.0 Å². The second kappa shape index (κ2) is 7.05. The minimum absolute atomic E-state index is 0.252. The number of nitrogens with one attached hydrogen (secondary N) is 1. The van der Waals surface area contributed by atoms with Crippen molar-refractivity contribution in [2.45, 2.75) is 57.9 Å². The summed E-state index contributed by atoms with van der Waals surface area (Å²) in [4.78, 5) is 21.4. The topological polar surface area (TPSA) is 90.1 Å². The molecule has 2 aliphatic rings. The van der Waals surface area contributed by atoms with Gasteiger partial charge in [0.25, 0.3) is 5.91 Å². The number of nitrogens with zero attached hydrogens (tertiary/aromatic N) is 3. The first kappa shape index (κ1) is 17.0. The van der Waals surface area contributed by atoms with Crippen molar-refractivity contribution in [2.24, 2.45) is 5.92 Å². The number of aryl methyl sites for hydroxylation is 1. The Morgan fingerprint density at radius 1 is 1.31 bits per heavy atom. The van der Waals surface area contributed by atoms with E-state index >= 15 is 0 Å². The summed E-state index contributed by atoms with van der Waals surface area (Å²) in [6.45, 7) is 4.38. The molecule has 4 rings (SSSR count). The number of rotatable bonds is 8. The second-order valence-electron chi connectivity index (χ2n) is 7.23. The number of hydrogen-bond donors (Lipinski definition) is 1. The van der Waals surface area contributed by atoms with E-state index in [-0.39, 0.29) is 11.9 Å². The Morgan fingerprint density at radius 2 is 2.12 bits per heavy atom. The van der Waals surface area contributed by atoms with Gasteiger partial charge >= 0.3 is 0 Å². The molecule has 0 saturated heterocycles. The third-order valence-corrected chi connectivity index (χ3v) is 4.86. The zero-order valence-electron chi connectivity index (χ0n) is 15.2. The van der Waals surface area contributed by atoms with Crippen LogP contribution in [0.5, 0.6) is 5.88 Å². The second-order valence-corrected chi connectivity index (χ2v) is 7.23. The van der Waals surface area contributed by atoms with Gasteiger partial charge in [-0.25, -0.2) is 4.98 Å². The van der Waals surface area contributed by atoms with Crippen LogP contribution in [0.3, 0.4) is 0 Å². The molecule has 1 N–H and O–H groups in total. The van der Waals surface area contributed by atoms with E-state index in [9.17, 15) is 4.79 Å². The van der Waals surface area contributed by atoms with Gasteiger partial charge in [0, 0.05) is 12.5 Å². The molecule has 2 aromatic heterocycles. The largest absolute Gasteiger partial charge is 0.477 e. The number of pyridine rings is 1. The smallest absolute Gasteiger partial charge is 0.270 e. The monoisotopic (exact) mass is 356 g/mol. The Morgan fingerprint density at radius 3 is 2.73 bits per heavy atom. The fraction of sp³-hybridized carbons (Fsp3) is 0.579. The van der Waals surface area contributed by atoms with Gasteiger partial charge in [0.1, 0.15) is 5.69 Å². The summed E-state index contributed by atoms with van der Waals surface area (Å²) in [5.74, 6) is 2.51. The Labute approximate surface area is 152 Å². The molecular weight excluding hydrogens is 332 g/mol. The highest BCUT2D eigenvalue weighted by Crippen LogP contribution is 2.44. The van der Waals surface area contributed by atoms with E-state index in [0.717, 1.165) is 5.56 Å². The van der Waals surface area contributed by atoms with Gasteiger partial charge in [-0.15, -0.1) is 0 Å². The molecular formula is C19H24N4O3. The average Bonchev–Trinajstić information content (AvgIpc) is 3.57. The van der Waals surface area contributed by atoms with Crippen LogP contribution < -0.4 is 10.1 Å². The Hall–Kier alpha value is -2.44. The third-order valence-electron chi connectivity index (χ3n) is 4.86. The number of hydrogen-bond acceptors (Lipinski definition) is 6. The molecule has 2 aliphatic carbocycles. The summed E-state index contributed by atoms with van der Waals surface area (Å²) in [6, 6.07) is 3.46. The van der Waals surface area contributed by atoms with Gasteiger partial charge in [0.2, 0.25) is 11.8 Å². The summed E-state index contributed by atoms with van der Waals surface area (Å²) < 4.78 is 11.0. The summed E-state index contributed by atoms with van der Waals surface area (Å²) in [5, 5.41) is 6.85. The van der Waals surface area contributed by atoms with Crippen LogP contribution in [0.4, 0.5) is 0 Å². The molecule has 0 aromatic carbocycles. The van der Waals surface area contributed by atoms with Gasteiger partial charge in [-0.2, -0.15) is 4.98 Å². The normalized spacial score (nSPS) is 17.8. The molecule has 2 heterocycles. The molecule has 7 heteroatoms. The van der Waals surface area contributed by atoms with Gasteiger partial charge in [-0.1, -0.05) is 18.1 Å². The van der Waals surface area contributed by atoms with Crippen molar-refractivity contribution in [3.8, 4) is 5.88 Å². The number of carbonyl (C=O) groups excluding carboxylic acids is 1. The quantitative estimate of drug-likeness (QED) is 0.780. The predicted octanol–water partition coefficient (Wildman–Crippen LogP) is 3.32. The highest BCUT2D eigenvalue weighted by atomic mass is 16.5. The lowest BCUT2D eigenvalue weighted by Crippen LogP contribution is -2.29. The molecule has 7 nitrogen and oxygen atoms in total. The number of amides is 1. The van der Waals surface area contributed by atoms with Crippen molar-refractivity contribution in [3.05, 3.63) is 35.1 Å². The van der Waals surface area contributed by atoms with Crippen LogP contribution in [0, 0.1) is 12.8 Å². The first-order chi connectivity index (χ1) is 12.6. The maximum absolute atomic E-state index is 12.7. The molecule has 0 bridgehead atoms. The van der Waals surface area contributed by atoms with E-state index < -0.39 is 0 Å². The SMILES string of the molecule is CC[C@H](NC(=O)c1ccc(C2CC2)c(OCC2CC2)n1)c1noc(C)n1. The van der Waals surface area contributed by atoms with Gasteiger partial charge in [0.15, 0.2) is 5.82 Å². The molecule has 0 radical (unpaired) electrons. The molecule has 0 spiro atoms. The highest BCUT2D eigenvalue weighted by Gasteiger charge is 2.30. The van der Waals surface area contributed by atoms with E-state index in [1.807, 2.05) is 13.0 Å².